The third kappa shape index (κ3) is 5.90. The van der Waals surface area contributed by atoms with E-state index in [-0.39, 0.29) is 11.9 Å². The number of carbonyl (C=O) groups is 1. The van der Waals surface area contributed by atoms with Gasteiger partial charge in [-0.05, 0) is 13.3 Å². The predicted octanol–water partition coefficient (Wildman–Crippen LogP) is -0.516. The molecule has 0 radical (unpaired) electrons. The fourth-order valence-corrected chi connectivity index (χ4v) is 1.54. The maximum atomic E-state index is 10.7. The standard InChI is InChI=1S/C8H19N3OS/c1-11(3-4-13-2)7(6-9)5-8(10)12/h7H,3-6,9H2,1-2H3,(H2,10,12). The van der Waals surface area contributed by atoms with E-state index in [0.29, 0.717) is 13.0 Å². The molecule has 0 heterocycles. The quantitative estimate of drug-likeness (QED) is 0.587. The predicted molar refractivity (Wildman–Crippen MR) is 57.7 cm³/mol. The van der Waals surface area contributed by atoms with E-state index in [0.717, 1.165) is 12.3 Å². The summed E-state index contributed by atoms with van der Waals surface area (Å²) >= 11 is 1.78. The maximum absolute atomic E-state index is 10.7. The van der Waals surface area contributed by atoms with Crippen LogP contribution in [-0.4, -0.2) is 49.0 Å². The number of nitrogens with zero attached hydrogens (tertiary/aromatic N) is 1. The minimum Gasteiger partial charge on any atom is -0.370 e. The number of carbonyl (C=O) groups excluding carboxylic acids is 1. The highest BCUT2D eigenvalue weighted by Gasteiger charge is 2.14. The lowest BCUT2D eigenvalue weighted by Gasteiger charge is -2.25. The molecule has 1 unspecified atom stereocenters. The minimum absolute atomic E-state index is 0.0876. The van der Waals surface area contributed by atoms with E-state index >= 15 is 0 Å². The van der Waals surface area contributed by atoms with Crippen molar-refractivity contribution < 1.29 is 4.79 Å². The first-order valence-electron chi connectivity index (χ1n) is 4.29. The van der Waals surface area contributed by atoms with Crippen molar-refractivity contribution in [2.45, 2.75) is 12.5 Å². The third-order valence-electron chi connectivity index (χ3n) is 1.98. The van der Waals surface area contributed by atoms with Crippen LogP contribution in [0.3, 0.4) is 0 Å². The van der Waals surface area contributed by atoms with Gasteiger partial charge in [0.2, 0.25) is 5.91 Å². The van der Waals surface area contributed by atoms with Crippen molar-refractivity contribution in [1.29, 1.82) is 0 Å². The van der Waals surface area contributed by atoms with Crippen LogP contribution in [0.2, 0.25) is 0 Å². The van der Waals surface area contributed by atoms with Gasteiger partial charge in [-0.15, -0.1) is 0 Å². The number of nitrogens with two attached hydrogens (primary N) is 2. The van der Waals surface area contributed by atoms with Crippen LogP contribution in [0.1, 0.15) is 6.42 Å². The first kappa shape index (κ1) is 12.7. The van der Waals surface area contributed by atoms with Crippen LogP contribution in [-0.2, 0) is 4.79 Å². The van der Waals surface area contributed by atoms with Gasteiger partial charge in [0, 0.05) is 31.3 Å². The molecular formula is C8H19N3OS. The summed E-state index contributed by atoms with van der Waals surface area (Å²) in [5, 5.41) is 0. The molecule has 0 aromatic rings. The van der Waals surface area contributed by atoms with Crippen LogP contribution in [0.15, 0.2) is 0 Å². The van der Waals surface area contributed by atoms with Gasteiger partial charge < -0.3 is 16.4 Å². The van der Waals surface area contributed by atoms with Gasteiger partial charge in [0.05, 0.1) is 0 Å². The lowest BCUT2D eigenvalue weighted by Crippen LogP contribution is -2.41. The first-order chi connectivity index (χ1) is 6.11. The van der Waals surface area contributed by atoms with Crippen molar-refractivity contribution in [2.24, 2.45) is 11.5 Å². The zero-order chi connectivity index (χ0) is 10.3. The van der Waals surface area contributed by atoms with E-state index in [1.165, 1.54) is 0 Å². The summed E-state index contributed by atoms with van der Waals surface area (Å²) in [5.41, 5.74) is 10.6. The van der Waals surface area contributed by atoms with Gasteiger partial charge >= 0.3 is 0 Å². The summed E-state index contributed by atoms with van der Waals surface area (Å²) in [6.45, 7) is 1.42. The van der Waals surface area contributed by atoms with E-state index in [1.807, 2.05) is 7.05 Å². The molecule has 5 heteroatoms. The normalized spacial score (nSPS) is 13.2. The second-order valence-corrected chi connectivity index (χ2v) is 4.02. The summed E-state index contributed by atoms with van der Waals surface area (Å²) in [4.78, 5) is 12.8. The Bertz CT molecular complexity index is 154. The Morgan fingerprint density at radius 1 is 1.62 bits per heavy atom. The Labute approximate surface area is 84.0 Å². The highest BCUT2D eigenvalue weighted by atomic mass is 32.2. The molecular weight excluding hydrogens is 186 g/mol. The number of hydrogen-bond acceptors (Lipinski definition) is 4. The van der Waals surface area contributed by atoms with Crippen molar-refractivity contribution in [3.63, 3.8) is 0 Å². The Morgan fingerprint density at radius 3 is 2.62 bits per heavy atom. The molecule has 78 valence electrons. The van der Waals surface area contributed by atoms with E-state index in [9.17, 15) is 4.79 Å². The fraction of sp³-hybridized carbons (Fsp3) is 0.875. The van der Waals surface area contributed by atoms with Crippen LogP contribution in [0.5, 0.6) is 0 Å². The fourth-order valence-electron chi connectivity index (χ4n) is 1.07. The van der Waals surface area contributed by atoms with Crippen LogP contribution in [0.4, 0.5) is 0 Å². The summed E-state index contributed by atoms with van der Waals surface area (Å²) in [5.74, 6) is 0.762. The van der Waals surface area contributed by atoms with Gasteiger partial charge in [-0.2, -0.15) is 11.8 Å². The van der Waals surface area contributed by atoms with Crippen LogP contribution in [0, 0.1) is 0 Å². The number of amides is 1. The smallest absolute Gasteiger partial charge is 0.219 e. The molecule has 13 heavy (non-hydrogen) atoms. The van der Waals surface area contributed by atoms with Crippen molar-refractivity contribution in [3.8, 4) is 0 Å². The minimum atomic E-state index is -0.286. The van der Waals surface area contributed by atoms with Gasteiger partial charge in [-0.1, -0.05) is 0 Å². The topological polar surface area (TPSA) is 72.3 Å². The second-order valence-electron chi connectivity index (χ2n) is 3.03. The molecule has 4 nitrogen and oxygen atoms in total. The number of primary amides is 1. The monoisotopic (exact) mass is 205 g/mol. The number of hydrogen-bond donors (Lipinski definition) is 2. The average Bonchev–Trinajstić information content (AvgIpc) is 2.09. The summed E-state index contributed by atoms with van der Waals surface area (Å²) in [7, 11) is 1.97. The number of likely N-dealkylation sites (N-methyl/N-ethyl adjacent to an activating group) is 1. The SMILES string of the molecule is CSCCN(C)C(CN)CC(N)=O. The van der Waals surface area contributed by atoms with E-state index in [2.05, 4.69) is 11.2 Å². The van der Waals surface area contributed by atoms with E-state index < -0.39 is 0 Å². The molecule has 0 aliphatic carbocycles. The maximum Gasteiger partial charge on any atom is 0.219 e. The molecule has 0 aromatic carbocycles. The van der Waals surface area contributed by atoms with Crippen LogP contribution < -0.4 is 11.5 Å². The Morgan fingerprint density at radius 2 is 2.23 bits per heavy atom. The largest absolute Gasteiger partial charge is 0.370 e. The van der Waals surface area contributed by atoms with Crippen molar-refractivity contribution >= 4 is 17.7 Å². The molecule has 1 amide bonds. The van der Waals surface area contributed by atoms with Gasteiger partial charge in [-0.25, -0.2) is 0 Å². The van der Waals surface area contributed by atoms with Crippen molar-refractivity contribution in [2.75, 3.05) is 32.1 Å². The van der Waals surface area contributed by atoms with Gasteiger partial charge in [-0.3, -0.25) is 4.79 Å². The molecule has 1 atom stereocenters. The van der Waals surface area contributed by atoms with Gasteiger partial charge in [0.1, 0.15) is 0 Å². The molecule has 0 saturated heterocycles. The molecule has 0 bridgehead atoms. The molecule has 0 rings (SSSR count). The lowest BCUT2D eigenvalue weighted by atomic mass is 10.2. The molecule has 0 fully saturated rings. The Balaban J connectivity index is 3.84. The zero-order valence-electron chi connectivity index (χ0n) is 8.32. The molecule has 0 saturated carbocycles. The van der Waals surface area contributed by atoms with Gasteiger partial charge in [0.15, 0.2) is 0 Å². The molecule has 0 aromatic heterocycles. The molecule has 0 spiro atoms. The highest BCUT2D eigenvalue weighted by Crippen LogP contribution is 2.01. The second kappa shape index (κ2) is 7.17. The number of thioether (sulfide) groups is 1. The van der Waals surface area contributed by atoms with E-state index in [1.54, 1.807) is 11.8 Å². The lowest BCUT2D eigenvalue weighted by molar-refractivity contribution is -0.119. The van der Waals surface area contributed by atoms with Crippen LogP contribution >= 0.6 is 11.8 Å². The Kier molecular flexibility index (Phi) is 7.03. The Hall–Kier alpha value is -0.260. The summed E-state index contributed by atoms with van der Waals surface area (Å²) in [6.07, 6.45) is 2.40. The van der Waals surface area contributed by atoms with Crippen molar-refractivity contribution in [3.05, 3.63) is 0 Å². The van der Waals surface area contributed by atoms with Crippen molar-refractivity contribution in [1.82, 2.24) is 4.90 Å². The van der Waals surface area contributed by atoms with E-state index in [4.69, 9.17) is 11.5 Å². The summed E-state index contributed by atoms with van der Waals surface area (Å²) < 4.78 is 0. The molecule has 0 aliphatic heterocycles. The third-order valence-corrected chi connectivity index (χ3v) is 2.57. The zero-order valence-corrected chi connectivity index (χ0v) is 9.14. The summed E-state index contributed by atoms with van der Waals surface area (Å²) in [6, 6.07) is 0.0876. The molecule has 4 N–H and O–H groups in total. The van der Waals surface area contributed by atoms with Gasteiger partial charge in [0.25, 0.3) is 0 Å². The number of rotatable bonds is 7. The molecule has 0 aliphatic rings. The first-order valence-corrected chi connectivity index (χ1v) is 5.68. The highest BCUT2D eigenvalue weighted by molar-refractivity contribution is 7.98. The average molecular weight is 205 g/mol. The van der Waals surface area contributed by atoms with Crippen LogP contribution in [0.25, 0.3) is 0 Å².